The van der Waals surface area contributed by atoms with Gasteiger partial charge in [-0.3, -0.25) is 0 Å². The topological polar surface area (TPSA) is 32.8 Å². The van der Waals surface area contributed by atoms with Crippen molar-refractivity contribution in [2.45, 2.75) is 59.3 Å². The summed E-state index contributed by atoms with van der Waals surface area (Å²) in [7, 11) is 0. The monoisotopic (exact) mass is 842 g/mol. The molecule has 0 spiro atoms. The highest BCUT2D eigenvalue weighted by atomic mass is 16.3. The van der Waals surface area contributed by atoms with Crippen molar-refractivity contribution in [3.8, 4) is 0 Å². The predicted molar refractivity (Wildman–Crippen MR) is 276 cm³/mol. The van der Waals surface area contributed by atoms with Gasteiger partial charge in [-0.25, -0.2) is 0 Å². The van der Waals surface area contributed by atoms with Crippen LogP contribution in [0.15, 0.2) is 185 Å². The number of rotatable bonds is 9. The number of hydrogen-bond acceptors (Lipinski definition) is 4. The lowest BCUT2D eigenvalue weighted by molar-refractivity contribution is 0.668. The van der Waals surface area contributed by atoms with Crippen molar-refractivity contribution in [1.29, 1.82) is 0 Å². The summed E-state index contributed by atoms with van der Waals surface area (Å²) in [6.07, 6.45) is 0. The van der Waals surface area contributed by atoms with E-state index in [1.54, 1.807) is 0 Å². The minimum Gasteiger partial charge on any atom is -0.456 e. The fourth-order valence-corrected chi connectivity index (χ4v) is 10.2. The van der Waals surface area contributed by atoms with Gasteiger partial charge in [-0.05, 0) is 129 Å². The van der Waals surface area contributed by atoms with Crippen LogP contribution in [0.4, 0.5) is 34.1 Å². The molecule has 10 aromatic carbocycles. The maximum atomic E-state index is 6.41. The van der Waals surface area contributed by atoms with Crippen molar-refractivity contribution in [3.05, 3.63) is 193 Å². The molecule has 0 aliphatic rings. The van der Waals surface area contributed by atoms with E-state index in [0.29, 0.717) is 17.8 Å². The molecule has 65 heavy (non-hydrogen) atoms. The maximum Gasteiger partial charge on any atom is 0.135 e. The third-order valence-corrected chi connectivity index (χ3v) is 13.7. The van der Waals surface area contributed by atoms with Crippen LogP contribution < -0.4 is 9.80 Å². The Labute approximate surface area is 379 Å². The van der Waals surface area contributed by atoms with Gasteiger partial charge >= 0.3 is 0 Å². The second-order valence-corrected chi connectivity index (χ2v) is 18.7. The van der Waals surface area contributed by atoms with E-state index in [1.165, 1.54) is 49.0 Å². The number of anilines is 6. The Morgan fingerprint density at radius 3 is 1.14 bits per heavy atom. The second-order valence-electron chi connectivity index (χ2n) is 18.7. The highest BCUT2D eigenvalue weighted by molar-refractivity contribution is 6.29. The molecule has 316 valence electrons. The summed E-state index contributed by atoms with van der Waals surface area (Å²) in [5.74, 6) is 1.21. The van der Waals surface area contributed by atoms with Crippen molar-refractivity contribution in [3.63, 3.8) is 0 Å². The van der Waals surface area contributed by atoms with E-state index in [0.717, 1.165) is 78.0 Å². The molecule has 0 fully saturated rings. The molecule has 0 bridgehead atoms. The zero-order chi connectivity index (χ0) is 44.1. The van der Waals surface area contributed by atoms with Gasteiger partial charge in [-0.15, -0.1) is 0 Å². The van der Waals surface area contributed by atoms with Gasteiger partial charge in [-0.2, -0.15) is 0 Å². The first-order valence-corrected chi connectivity index (χ1v) is 23.1. The van der Waals surface area contributed by atoms with Crippen LogP contribution in [-0.4, -0.2) is 0 Å². The Hall–Kier alpha value is -7.56. The molecular formula is C61H50N2O2. The van der Waals surface area contributed by atoms with E-state index < -0.39 is 0 Å². The van der Waals surface area contributed by atoms with Crippen LogP contribution >= 0.6 is 0 Å². The Balaban J connectivity index is 1.20. The predicted octanol–water partition coefficient (Wildman–Crippen LogP) is 18.7. The number of nitrogens with zero attached hydrogens (tertiary/aromatic N) is 2. The molecule has 0 saturated carbocycles. The van der Waals surface area contributed by atoms with Crippen LogP contribution in [0.1, 0.15) is 76.0 Å². The number of furan rings is 2. The third-order valence-electron chi connectivity index (χ3n) is 13.7. The fourth-order valence-electron chi connectivity index (χ4n) is 10.2. The summed E-state index contributed by atoms with van der Waals surface area (Å²) in [6, 6.07) is 65.0. The lowest BCUT2D eigenvalue weighted by atomic mass is 9.88. The highest BCUT2D eigenvalue weighted by Gasteiger charge is 2.26. The van der Waals surface area contributed by atoms with Gasteiger partial charge < -0.3 is 18.6 Å². The van der Waals surface area contributed by atoms with Crippen LogP contribution in [-0.2, 0) is 0 Å². The molecule has 0 saturated heterocycles. The minimum absolute atomic E-state index is 0.402. The smallest absolute Gasteiger partial charge is 0.135 e. The average Bonchev–Trinajstić information content (AvgIpc) is 3.89. The molecule has 0 aliphatic carbocycles. The molecule has 0 atom stereocenters. The van der Waals surface area contributed by atoms with Crippen molar-refractivity contribution in [2.75, 3.05) is 9.80 Å². The van der Waals surface area contributed by atoms with Crippen LogP contribution in [0, 0.1) is 0 Å². The van der Waals surface area contributed by atoms with Gasteiger partial charge in [0, 0.05) is 60.5 Å². The Kier molecular flexibility index (Phi) is 9.03. The first-order chi connectivity index (χ1) is 31.7. The molecule has 12 aromatic rings. The summed E-state index contributed by atoms with van der Waals surface area (Å²) < 4.78 is 12.8. The first kappa shape index (κ1) is 39.1. The molecule has 0 unspecified atom stereocenters. The van der Waals surface area contributed by atoms with Gasteiger partial charge in [0.25, 0.3) is 0 Å². The maximum absolute atomic E-state index is 6.41. The summed E-state index contributed by atoms with van der Waals surface area (Å²) in [4.78, 5) is 4.93. The highest BCUT2D eigenvalue weighted by Crippen LogP contribution is 2.51. The van der Waals surface area contributed by atoms with Crippen molar-refractivity contribution >= 4 is 110 Å². The van der Waals surface area contributed by atoms with Crippen LogP contribution in [0.5, 0.6) is 0 Å². The van der Waals surface area contributed by atoms with E-state index in [4.69, 9.17) is 8.83 Å². The average molecular weight is 843 g/mol. The van der Waals surface area contributed by atoms with Crippen LogP contribution in [0.3, 0.4) is 0 Å². The lowest BCUT2D eigenvalue weighted by Crippen LogP contribution is -2.14. The molecule has 0 amide bonds. The summed E-state index contributed by atoms with van der Waals surface area (Å²) >= 11 is 0. The molecule has 4 heteroatoms. The minimum atomic E-state index is 0.402. The zero-order valence-corrected chi connectivity index (χ0v) is 37.7. The summed E-state index contributed by atoms with van der Waals surface area (Å²) in [5, 5.41) is 11.8. The normalized spacial score (nSPS) is 12.3. The van der Waals surface area contributed by atoms with E-state index in [9.17, 15) is 0 Å². The molecule has 0 aliphatic heterocycles. The number of benzene rings is 10. The largest absolute Gasteiger partial charge is 0.456 e. The standard InChI is InChI=1S/C61H50N2O2/c1-36(2)39-15-21-44(22-16-39)62(46-25-29-58-52(33-46)48-11-7-9-13-56(48)64-58)54-35-55(51-28-20-42-32-43(38(5)6)31-41-19-27-50(54)61(51)60(41)42)63(45-23-17-40(18-24-45)37(3)4)47-26-30-59-53(34-47)49-12-8-10-14-57(49)65-59/h7-38H,1-6H3. The van der Waals surface area contributed by atoms with Gasteiger partial charge in [0.05, 0.1) is 11.4 Å². The van der Waals surface area contributed by atoms with Gasteiger partial charge in [0.15, 0.2) is 0 Å². The van der Waals surface area contributed by atoms with E-state index in [1.807, 2.05) is 12.1 Å². The van der Waals surface area contributed by atoms with Crippen molar-refractivity contribution in [2.24, 2.45) is 0 Å². The molecule has 2 heterocycles. The molecular weight excluding hydrogens is 793 g/mol. The quantitative estimate of drug-likeness (QED) is 0.136. The Bertz CT molecular complexity index is 3520. The Morgan fingerprint density at radius 2 is 0.708 bits per heavy atom. The SMILES string of the molecule is CC(C)c1ccc(N(c2ccc3oc4ccccc4c3c2)c2cc(N(c3ccc(C(C)C)cc3)c3ccc4oc5ccccc5c4c3)c3ccc4cc(C(C)C)cc5ccc2c3c54)cc1. The van der Waals surface area contributed by atoms with Crippen molar-refractivity contribution < 1.29 is 8.83 Å². The summed E-state index contributed by atoms with van der Waals surface area (Å²) in [6.45, 7) is 13.6. The molecule has 0 radical (unpaired) electrons. The number of fused-ring (bicyclic) bond motifs is 6. The number of para-hydroxylation sites is 2. The first-order valence-electron chi connectivity index (χ1n) is 23.1. The molecule has 0 N–H and O–H groups in total. The van der Waals surface area contributed by atoms with Gasteiger partial charge in [0.1, 0.15) is 22.3 Å². The van der Waals surface area contributed by atoms with Crippen molar-refractivity contribution in [1.82, 2.24) is 0 Å². The zero-order valence-electron chi connectivity index (χ0n) is 37.7. The van der Waals surface area contributed by atoms with Crippen LogP contribution in [0.2, 0.25) is 0 Å². The second kappa shape index (κ2) is 15.0. The molecule has 12 rings (SSSR count). The number of hydrogen-bond donors (Lipinski definition) is 0. The fraction of sp³-hybridized carbons (Fsp3) is 0.148. The third kappa shape index (κ3) is 6.34. The Morgan fingerprint density at radius 1 is 0.308 bits per heavy atom. The van der Waals surface area contributed by atoms with Gasteiger partial charge in [-0.1, -0.05) is 139 Å². The molecule has 2 aromatic heterocycles. The summed E-state index contributed by atoms with van der Waals surface area (Å²) in [5.41, 5.74) is 14.0. The van der Waals surface area contributed by atoms with E-state index in [2.05, 4.69) is 215 Å². The molecule has 4 nitrogen and oxygen atoms in total. The lowest BCUT2D eigenvalue weighted by Gasteiger charge is -2.32. The van der Waals surface area contributed by atoms with Crippen LogP contribution in [0.25, 0.3) is 76.2 Å². The van der Waals surface area contributed by atoms with E-state index >= 15 is 0 Å². The van der Waals surface area contributed by atoms with Gasteiger partial charge in [0.2, 0.25) is 0 Å². The van der Waals surface area contributed by atoms with E-state index in [-0.39, 0.29) is 0 Å².